The number of anilines is 3. The van der Waals surface area contributed by atoms with Crippen LogP contribution in [0.3, 0.4) is 0 Å². The van der Waals surface area contributed by atoms with Crippen LogP contribution in [0.15, 0.2) is 39.8 Å². The average Bonchev–Trinajstić information content (AvgIpc) is 3.50. The second-order valence-corrected chi connectivity index (χ2v) is 10.1. The molecular weight excluding hydrogens is 456 g/mol. The van der Waals surface area contributed by atoms with E-state index in [1.165, 1.54) is 37.8 Å². The van der Waals surface area contributed by atoms with Crippen molar-refractivity contribution in [1.82, 2.24) is 15.3 Å². The molecule has 2 saturated carbocycles. The lowest BCUT2D eigenvalue weighted by Gasteiger charge is -2.30. The summed E-state index contributed by atoms with van der Waals surface area (Å²) in [6.07, 6.45) is 8.93. The number of aromatic nitrogens is 2. The largest absolute Gasteiger partial charge is 0.366 e. The first-order chi connectivity index (χ1) is 13.9. The van der Waals surface area contributed by atoms with Crippen LogP contribution in [-0.2, 0) is 10.0 Å². The van der Waals surface area contributed by atoms with Gasteiger partial charge in [-0.05, 0) is 78.7 Å². The Bertz CT molecular complexity index is 957. The Balaban J connectivity index is 1.37. The Hall–Kier alpha value is -1.75. The van der Waals surface area contributed by atoms with Gasteiger partial charge in [-0.1, -0.05) is 0 Å². The number of nitrogens with zero attached hydrogens (tertiary/aromatic N) is 2. The summed E-state index contributed by atoms with van der Waals surface area (Å²) >= 11 is 3.52. The highest BCUT2D eigenvalue weighted by atomic mass is 79.9. The van der Waals surface area contributed by atoms with Crippen molar-refractivity contribution >= 4 is 43.4 Å². The van der Waals surface area contributed by atoms with Gasteiger partial charge < -0.3 is 16.0 Å². The maximum Gasteiger partial charge on any atom is 0.238 e. The fourth-order valence-electron chi connectivity index (χ4n) is 3.57. The minimum absolute atomic E-state index is 0.0638. The standard InChI is InChI=1S/C19H25BrN6O2S/c20-17-11-22-19(25-15-7-9-16(10-8-15)29(21,27)28)26-18(17)24-14-5-3-13(4-6-14)23-12-1-2-12/h7-14,23H,1-6H2,(H2,21,27,28)(H2,22,24,25,26). The van der Waals surface area contributed by atoms with E-state index in [4.69, 9.17) is 5.14 Å². The van der Waals surface area contributed by atoms with Crippen LogP contribution >= 0.6 is 15.9 Å². The number of rotatable bonds is 7. The molecule has 0 spiro atoms. The molecule has 0 aliphatic heterocycles. The SMILES string of the molecule is NS(=O)(=O)c1ccc(Nc2ncc(Br)c(NC3CCC(NC4CC4)CC3)n2)cc1. The van der Waals surface area contributed by atoms with Gasteiger partial charge in [0.1, 0.15) is 5.82 Å². The molecule has 0 bridgehead atoms. The van der Waals surface area contributed by atoms with Crippen LogP contribution < -0.4 is 21.1 Å². The molecule has 2 fully saturated rings. The first-order valence-electron chi connectivity index (χ1n) is 9.82. The van der Waals surface area contributed by atoms with Gasteiger partial charge in [-0.15, -0.1) is 0 Å². The van der Waals surface area contributed by atoms with Crippen molar-refractivity contribution < 1.29 is 8.42 Å². The molecule has 2 aromatic rings. The van der Waals surface area contributed by atoms with E-state index in [1.54, 1.807) is 18.3 Å². The molecule has 0 atom stereocenters. The summed E-state index contributed by atoms with van der Waals surface area (Å²) in [5, 5.41) is 15.5. The molecule has 1 heterocycles. The Kier molecular flexibility index (Phi) is 6.05. The highest BCUT2D eigenvalue weighted by molar-refractivity contribution is 9.10. The van der Waals surface area contributed by atoms with Crippen molar-refractivity contribution in [3.05, 3.63) is 34.9 Å². The topological polar surface area (TPSA) is 122 Å². The number of nitrogens with two attached hydrogens (primary N) is 1. The monoisotopic (exact) mass is 480 g/mol. The number of benzene rings is 1. The number of hydrogen-bond acceptors (Lipinski definition) is 7. The normalized spacial score (nSPS) is 22.3. The van der Waals surface area contributed by atoms with Crippen LogP contribution in [0.1, 0.15) is 38.5 Å². The van der Waals surface area contributed by atoms with Crippen LogP contribution in [0.4, 0.5) is 17.5 Å². The third kappa shape index (κ3) is 5.65. The molecule has 5 N–H and O–H groups in total. The molecule has 4 rings (SSSR count). The number of hydrogen-bond donors (Lipinski definition) is 4. The van der Waals surface area contributed by atoms with Crippen molar-refractivity contribution in [2.75, 3.05) is 10.6 Å². The van der Waals surface area contributed by atoms with E-state index in [-0.39, 0.29) is 4.90 Å². The molecule has 1 aromatic heterocycles. The molecule has 0 radical (unpaired) electrons. The van der Waals surface area contributed by atoms with E-state index < -0.39 is 10.0 Å². The minimum atomic E-state index is -3.71. The van der Waals surface area contributed by atoms with Crippen LogP contribution in [0, 0.1) is 0 Å². The van der Waals surface area contributed by atoms with Gasteiger partial charge in [-0.2, -0.15) is 4.98 Å². The first kappa shape index (κ1) is 20.5. The molecule has 0 amide bonds. The summed E-state index contributed by atoms with van der Waals surface area (Å²) in [6.45, 7) is 0. The number of sulfonamides is 1. The summed E-state index contributed by atoms with van der Waals surface area (Å²) in [5.41, 5.74) is 0.678. The molecule has 0 saturated heterocycles. The van der Waals surface area contributed by atoms with Gasteiger partial charge in [0.2, 0.25) is 16.0 Å². The summed E-state index contributed by atoms with van der Waals surface area (Å²) in [5.74, 6) is 1.19. The summed E-state index contributed by atoms with van der Waals surface area (Å²) in [6, 6.07) is 7.95. The fraction of sp³-hybridized carbons (Fsp3) is 0.474. The highest BCUT2D eigenvalue weighted by Gasteiger charge is 2.28. The van der Waals surface area contributed by atoms with Gasteiger partial charge in [-0.25, -0.2) is 18.5 Å². The maximum absolute atomic E-state index is 11.4. The predicted molar refractivity (Wildman–Crippen MR) is 117 cm³/mol. The van der Waals surface area contributed by atoms with Crippen molar-refractivity contribution in [2.24, 2.45) is 5.14 Å². The summed E-state index contributed by atoms with van der Waals surface area (Å²) < 4.78 is 23.5. The van der Waals surface area contributed by atoms with Crippen LogP contribution in [0.2, 0.25) is 0 Å². The minimum Gasteiger partial charge on any atom is -0.366 e. The van der Waals surface area contributed by atoms with Crippen LogP contribution in [0.25, 0.3) is 0 Å². The summed E-state index contributed by atoms with van der Waals surface area (Å²) in [7, 11) is -3.71. The summed E-state index contributed by atoms with van der Waals surface area (Å²) in [4.78, 5) is 8.92. The number of primary sulfonamides is 1. The van der Waals surface area contributed by atoms with Gasteiger partial charge in [-0.3, -0.25) is 0 Å². The molecule has 2 aliphatic rings. The van der Waals surface area contributed by atoms with Crippen molar-refractivity contribution in [2.45, 2.75) is 61.5 Å². The van der Waals surface area contributed by atoms with E-state index in [9.17, 15) is 8.42 Å². The van der Waals surface area contributed by atoms with Gasteiger partial charge in [0.15, 0.2) is 0 Å². The van der Waals surface area contributed by atoms with Crippen molar-refractivity contribution in [1.29, 1.82) is 0 Å². The van der Waals surface area contributed by atoms with Crippen molar-refractivity contribution in [3.63, 3.8) is 0 Å². The predicted octanol–water partition coefficient (Wildman–Crippen LogP) is 3.11. The van der Waals surface area contributed by atoms with Gasteiger partial charge in [0.25, 0.3) is 0 Å². The molecule has 8 nitrogen and oxygen atoms in total. The second-order valence-electron chi connectivity index (χ2n) is 7.72. The molecule has 29 heavy (non-hydrogen) atoms. The first-order valence-corrected chi connectivity index (χ1v) is 12.2. The zero-order valence-electron chi connectivity index (χ0n) is 15.9. The molecule has 2 aliphatic carbocycles. The van der Waals surface area contributed by atoms with Gasteiger partial charge >= 0.3 is 0 Å². The van der Waals surface area contributed by atoms with Crippen LogP contribution in [-0.4, -0.2) is 36.5 Å². The number of nitrogens with one attached hydrogen (secondary N) is 3. The second kappa shape index (κ2) is 8.55. The Labute approximate surface area is 179 Å². The average molecular weight is 481 g/mol. The van der Waals surface area contributed by atoms with E-state index in [0.29, 0.717) is 23.7 Å². The molecule has 10 heteroatoms. The van der Waals surface area contributed by atoms with Crippen LogP contribution in [0.5, 0.6) is 0 Å². The third-order valence-electron chi connectivity index (χ3n) is 5.30. The maximum atomic E-state index is 11.4. The van der Waals surface area contributed by atoms with E-state index in [1.807, 2.05) is 0 Å². The van der Waals surface area contributed by atoms with Gasteiger partial charge in [0, 0.05) is 30.0 Å². The lowest BCUT2D eigenvalue weighted by Crippen LogP contribution is -2.38. The molecule has 1 aromatic carbocycles. The smallest absolute Gasteiger partial charge is 0.238 e. The molecule has 156 valence electrons. The Morgan fingerprint density at radius 2 is 1.55 bits per heavy atom. The van der Waals surface area contributed by atoms with Crippen molar-refractivity contribution in [3.8, 4) is 0 Å². The fourth-order valence-corrected chi connectivity index (χ4v) is 4.39. The lowest BCUT2D eigenvalue weighted by molar-refractivity contribution is 0.352. The zero-order valence-corrected chi connectivity index (χ0v) is 18.3. The van der Waals surface area contributed by atoms with E-state index >= 15 is 0 Å². The molecular formula is C19H25BrN6O2S. The Morgan fingerprint density at radius 1 is 0.966 bits per heavy atom. The highest BCUT2D eigenvalue weighted by Crippen LogP contribution is 2.29. The van der Waals surface area contributed by atoms with E-state index in [2.05, 4.69) is 41.8 Å². The van der Waals surface area contributed by atoms with Gasteiger partial charge in [0.05, 0.1) is 9.37 Å². The quantitative estimate of drug-likeness (QED) is 0.479. The molecule has 0 unspecified atom stereocenters. The Morgan fingerprint density at radius 3 is 2.14 bits per heavy atom. The van der Waals surface area contributed by atoms with E-state index in [0.717, 1.165) is 29.2 Å². The lowest BCUT2D eigenvalue weighted by atomic mass is 9.91. The third-order valence-corrected chi connectivity index (χ3v) is 6.81. The zero-order chi connectivity index (χ0) is 20.4. The number of halogens is 1.